The van der Waals surface area contributed by atoms with Crippen LogP contribution in [0.25, 0.3) is 0 Å². The molecule has 1 aromatic carbocycles. The third-order valence-electron chi connectivity index (χ3n) is 3.27. The van der Waals surface area contributed by atoms with Crippen molar-refractivity contribution < 1.29 is 12.8 Å². The van der Waals surface area contributed by atoms with E-state index in [9.17, 15) is 12.8 Å². The van der Waals surface area contributed by atoms with Gasteiger partial charge in [-0.2, -0.15) is 0 Å². The fraction of sp³-hybridized carbons (Fsp3) is 0.500. The Morgan fingerprint density at radius 1 is 1.47 bits per heavy atom. The van der Waals surface area contributed by atoms with Crippen LogP contribution in [-0.2, 0) is 10.0 Å². The molecule has 7 heteroatoms. The summed E-state index contributed by atoms with van der Waals surface area (Å²) in [4.78, 5) is -0.405. The first kappa shape index (κ1) is 14.7. The van der Waals surface area contributed by atoms with Crippen molar-refractivity contribution in [3.8, 4) is 0 Å². The number of piperidine rings is 1. The van der Waals surface area contributed by atoms with Gasteiger partial charge in [-0.15, -0.1) is 0 Å². The molecule has 0 radical (unpaired) electrons. The molecule has 0 spiro atoms. The lowest BCUT2D eigenvalue weighted by Crippen LogP contribution is -2.51. The molecule has 2 rings (SSSR count). The van der Waals surface area contributed by atoms with Crippen molar-refractivity contribution in [1.82, 2.24) is 10.0 Å². The van der Waals surface area contributed by atoms with Crippen molar-refractivity contribution in [2.24, 2.45) is 0 Å². The predicted octanol–water partition coefficient (Wildman–Crippen LogP) is 1.90. The number of sulfonamides is 1. The summed E-state index contributed by atoms with van der Waals surface area (Å²) >= 11 is 5.61. The summed E-state index contributed by atoms with van der Waals surface area (Å²) in [5.41, 5.74) is 0. The van der Waals surface area contributed by atoms with Crippen molar-refractivity contribution in [2.45, 2.75) is 36.7 Å². The molecule has 106 valence electrons. The average Bonchev–Trinajstić information content (AvgIpc) is 2.35. The molecule has 2 atom stereocenters. The van der Waals surface area contributed by atoms with Gasteiger partial charge in [-0.3, -0.25) is 0 Å². The van der Waals surface area contributed by atoms with Gasteiger partial charge >= 0.3 is 0 Å². The van der Waals surface area contributed by atoms with Gasteiger partial charge in [0.25, 0.3) is 0 Å². The van der Waals surface area contributed by atoms with Crippen LogP contribution < -0.4 is 10.0 Å². The van der Waals surface area contributed by atoms with E-state index >= 15 is 0 Å². The number of halogens is 2. The Morgan fingerprint density at radius 2 is 2.21 bits per heavy atom. The van der Waals surface area contributed by atoms with Crippen LogP contribution in [0.5, 0.6) is 0 Å². The molecular formula is C12H16ClFN2O2S. The van der Waals surface area contributed by atoms with Crippen LogP contribution in [0.15, 0.2) is 23.1 Å². The summed E-state index contributed by atoms with van der Waals surface area (Å²) < 4.78 is 40.7. The Labute approximate surface area is 117 Å². The van der Waals surface area contributed by atoms with E-state index < -0.39 is 20.7 Å². The van der Waals surface area contributed by atoms with E-state index in [1.807, 2.05) is 6.92 Å². The molecule has 1 saturated heterocycles. The number of nitrogens with one attached hydrogen (secondary N) is 2. The average molecular weight is 307 g/mol. The number of hydrogen-bond acceptors (Lipinski definition) is 3. The van der Waals surface area contributed by atoms with E-state index in [-0.39, 0.29) is 17.1 Å². The van der Waals surface area contributed by atoms with Gasteiger partial charge in [0.1, 0.15) is 4.90 Å². The second-order valence-corrected chi connectivity index (χ2v) is 6.75. The van der Waals surface area contributed by atoms with Crippen LogP contribution in [0, 0.1) is 5.82 Å². The van der Waals surface area contributed by atoms with E-state index in [4.69, 9.17) is 11.6 Å². The minimum atomic E-state index is -3.90. The number of rotatable bonds is 3. The molecule has 2 N–H and O–H groups in total. The second-order valence-electron chi connectivity index (χ2n) is 4.66. The van der Waals surface area contributed by atoms with Crippen LogP contribution in [0.3, 0.4) is 0 Å². The maximum Gasteiger partial charge on any atom is 0.243 e. The first-order valence-corrected chi connectivity index (χ1v) is 7.97. The number of benzene rings is 1. The molecule has 0 amide bonds. The van der Waals surface area contributed by atoms with Crippen LogP contribution in [-0.4, -0.2) is 27.0 Å². The zero-order valence-corrected chi connectivity index (χ0v) is 12.1. The molecule has 1 aromatic rings. The van der Waals surface area contributed by atoms with Crippen LogP contribution in [0.2, 0.25) is 5.02 Å². The maximum absolute atomic E-state index is 13.8. The second kappa shape index (κ2) is 5.75. The molecule has 0 bridgehead atoms. The minimum Gasteiger partial charge on any atom is -0.313 e. The van der Waals surface area contributed by atoms with Gasteiger partial charge in [0, 0.05) is 12.1 Å². The predicted molar refractivity (Wildman–Crippen MR) is 72.2 cm³/mol. The topological polar surface area (TPSA) is 58.2 Å². The van der Waals surface area contributed by atoms with Crippen molar-refractivity contribution in [3.05, 3.63) is 29.0 Å². The Kier molecular flexibility index (Phi) is 4.45. The van der Waals surface area contributed by atoms with Gasteiger partial charge in [-0.05, 0) is 38.4 Å². The fourth-order valence-electron chi connectivity index (χ4n) is 2.16. The summed E-state index contributed by atoms with van der Waals surface area (Å²) in [6, 6.07) is 3.73. The normalized spacial score (nSPS) is 24.4. The SMILES string of the molecule is CC1NCCCC1NS(=O)(=O)c1cccc(Cl)c1F. The van der Waals surface area contributed by atoms with Crippen molar-refractivity contribution in [3.63, 3.8) is 0 Å². The van der Waals surface area contributed by atoms with Gasteiger partial charge in [0.2, 0.25) is 10.0 Å². The molecule has 1 fully saturated rings. The fourth-order valence-corrected chi connectivity index (χ4v) is 3.84. The lowest BCUT2D eigenvalue weighted by molar-refractivity contribution is 0.348. The molecule has 1 heterocycles. The zero-order valence-electron chi connectivity index (χ0n) is 10.5. The largest absolute Gasteiger partial charge is 0.313 e. The Balaban J connectivity index is 2.25. The van der Waals surface area contributed by atoms with E-state index in [0.717, 1.165) is 19.4 Å². The van der Waals surface area contributed by atoms with Crippen molar-refractivity contribution >= 4 is 21.6 Å². The molecule has 4 nitrogen and oxygen atoms in total. The summed E-state index contributed by atoms with van der Waals surface area (Å²) in [6.45, 7) is 2.77. The third kappa shape index (κ3) is 3.25. The highest BCUT2D eigenvalue weighted by molar-refractivity contribution is 7.89. The first-order valence-electron chi connectivity index (χ1n) is 6.11. The van der Waals surface area contributed by atoms with E-state index in [0.29, 0.717) is 0 Å². The summed E-state index contributed by atoms with van der Waals surface area (Å²) in [5.74, 6) is -0.909. The Hall–Kier alpha value is -0.690. The van der Waals surface area contributed by atoms with Crippen LogP contribution in [0.4, 0.5) is 4.39 Å². The smallest absolute Gasteiger partial charge is 0.243 e. The molecule has 2 unspecified atom stereocenters. The Morgan fingerprint density at radius 3 is 2.89 bits per heavy atom. The molecular weight excluding hydrogens is 291 g/mol. The van der Waals surface area contributed by atoms with Crippen LogP contribution in [0.1, 0.15) is 19.8 Å². The lowest BCUT2D eigenvalue weighted by Gasteiger charge is -2.30. The van der Waals surface area contributed by atoms with Gasteiger partial charge in [-0.1, -0.05) is 17.7 Å². The monoisotopic (exact) mass is 306 g/mol. The molecule has 1 aliphatic rings. The molecule has 0 aliphatic carbocycles. The highest BCUT2D eigenvalue weighted by atomic mass is 35.5. The maximum atomic E-state index is 13.8. The highest BCUT2D eigenvalue weighted by Gasteiger charge is 2.28. The standard InChI is InChI=1S/C12H16ClFN2O2S/c1-8-10(5-3-7-15-8)16-19(17,18)11-6-2-4-9(13)12(11)14/h2,4,6,8,10,15-16H,3,5,7H2,1H3. The summed E-state index contributed by atoms with van der Waals surface area (Å²) in [7, 11) is -3.90. The van der Waals surface area contributed by atoms with Gasteiger partial charge in [0.05, 0.1) is 5.02 Å². The van der Waals surface area contributed by atoms with Gasteiger partial charge in [-0.25, -0.2) is 17.5 Å². The molecule has 1 aliphatic heterocycles. The van der Waals surface area contributed by atoms with Crippen molar-refractivity contribution in [1.29, 1.82) is 0 Å². The van der Waals surface area contributed by atoms with E-state index in [1.54, 1.807) is 0 Å². The summed E-state index contributed by atoms with van der Waals surface area (Å²) in [5, 5.41) is 2.99. The molecule has 0 saturated carbocycles. The highest BCUT2D eigenvalue weighted by Crippen LogP contribution is 2.22. The first-order chi connectivity index (χ1) is 8.92. The van der Waals surface area contributed by atoms with Gasteiger partial charge in [0.15, 0.2) is 5.82 Å². The van der Waals surface area contributed by atoms with Gasteiger partial charge < -0.3 is 5.32 Å². The van der Waals surface area contributed by atoms with E-state index in [1.165, 1.54) is 18.2 Å². The summed E-state index contributed by atoms with van der Waals surface area (Å²) in [6.07, 6.45) is 1.62. The quantitative estimate of drug-likeness (QED) is 0.897. The number of hydrogen-bond donors (Lipinski definition) is 2. The zero-order chi connectivity index (χ0) is 14.0. The van der Waals surface area contributed by atoms with Crippen molar-refractivity contribution in [2.75, 3.05) is 6.54 Å². The Bertz CT molecular complexity index is 565. The van der Waals surface area contributed by atoms with Crippen LogP contribution >= 0.6 is 11.6 Å². The third-order valence-corrected chi connectivity index (χ3v) is 5.07. The molecule has 0 aromatic heterocycles. The lowest BCUT2D eigenvalue weighted by atomic mass is 10.0. The van der Waals surface area contributed by atoms with E-state index in [2.05, 4.69) is 10.0 Å². The minimum absolute atomic E-state index is 0.0192. The molecule has 19 heavy (non-hydrogen) atoms.